The van der Waals surface area contributed by atoms with Crippen LogP contribution in [0.3, 0.4) is 0 Å². The Morgan fingerprint density at radius 2 is 2.28 bits per heavy atom. The van der Waals surface area contributed by atoms with E-state index in [1.165, 1.54) is 49.9 Å². The van der Waals surface area contributed by atoms with E-state index in [9.17, 15) is 0 Å². The first-order valence-corrected chi connectivity index (χ1v) is 7.22. The molecule has 2 rings (SSSR count). The Bertz CT molecular complexity index is 365. The van der Waals surface area contributed by atoms with Crippen LogP contribution in [-0.2, 0) is 13.1 Å². The van der Waals surface area contributed by atoms with Gasteiger partial charge in [-0.1, -0.05) is 25.8 Å². The van der Waals surface area contributed by atoms with Crippen molar-refractivity contribution in [2.75, 3.05) is 6.54 Å². The summed E-state index contributed by atoms with van der Waals surface area (Å²) in [7, 11) is 0. The van der Waals surface area contributed by atoms with Crippen molar-refractivity contribution in [3.8, 4) is 0 Å². The average molecular weight is 247 g/mol. The molecule has 2 N–H and O–H groups in total. The van der Waals surface area contributed by atoms with Crippen LogP contribution in [0.15, 0.2) is 18.3 Å². The van der Waals surface area contributed by atoms with Gasteiger partial charge in [0.1, 0.15) is 0 Å². The maximum Gasteiger partial charge on any atom is 0.0588 e. The summed E-state index contributed by atoms with van der Waals surface area (Å²) in [4.78, 5) is 7.13. The minimum Gasteiger partial charge on any atom is -0.326 e. The number of aromatic nitrogens is 1. The second-order valence-electron chi connectivity index (χ2n) is 5.20. The van der Waals surface area contributed by atoms with Crippen LogP contribution >= 0.6 is 0 Å². The molecular formula is C15H25N3. The standard InChI is InChI=1S/C15H25N3/c1-2-14-8-4-3-5-10-18(14)12-15-13(11-16)7-6-9-17-15/h6-7,9,14H,2-5,8,10-12,16H2,1H3. The van der Waals surface area contributed by atoms with Gasteiger partial charge in [0, 0.05) is 25.3 Å². The van der Waals surface area contributed by atoms with Gasteiger partial charge in [0.2, 0.25) is 0 Å². The largest absolute Gasteiger partial charge is 0.326 e. The fourth-order valence-corrected chi connectivity index (χ4v) is 2.90. The van der Waals surface area contributed by atoms with Gasteiger partial charge in [0.15, 0.2) is 0 Å². The number of rotatable bonds is 4. The summed E-state index contributed by atoms with van der Waals surface area (Å²) < 4.78 is 0. The first-order chi connectivity index (χ1) is 8.85. The molecule has 1 aliphatic rings. The van der Waals surface area contributed by atoms with Crippen LogP contribution in [0.5, 0.6) is 0 Å². The van der Waals surface area contributed by atoms with Crippen LogP contribution in [-0.4, -0.2) is 22.5 Å². The maximum atomic E-state index is 5.80. The molecule has 1 aromatic heterocycles. The molecule has 1 fully saturated rings. The van der Waals surface area contributed by atoms with Gasteiger partial charge >= 0.3 is 0 Å². The van der Waals surface area contributed by atoms with Crippen LogP contribution in [0.25, 0.3) is 0 Å². The van der Waals surface area contributed by atoms with E-state index < -0.39 is 0 Å². The number of nitrogens with two attached hydrogens (primary N) is 1. The van der Waals surface area contributed by atoms with Crippen LogP contribution in [0.4, 0.5) is 0 Å². The third-order valence-electron chi connectivity index (χ3n) is 4.03. The molecule has 3 nitrogen and oxygen atoms in total. The highest BCUT2D eigenvalue weighted by Gasteiger charge is 2.20. The molecule has 1 unspecified atom stereocenters. The molecule has 3 heteroatoms. The van der Waals surface area contributed by atoms with E-state index >= 15 is 0 Å². The lowest BCUT2D eigenvalue weighted by molar-refractivity contribution is 0.183. The van der Waals surface area contributed by atoms with Gasteiger partial charge in [-0.05, 0) is 37.4 Å². The Morgan fingerprint density at radius 3 is 3.06 bits per heavy atom. The lowest BCUT2D eigenvalue weighted by Gasteiger charge is -2.29. The van der Waals surface area contributed by atoms with Gasteiger partial charge < -0.3 is 5.73 Å². The Labute approximate surface area is 110 Å². The predicted octanol–water partition coefficient (Wildman–Crippen LogP) is 2.69. The molecule has 1 atom stereocenters. The number of hydrogen-bond donors (Lipinski definition) is 1. The van der Waals surface area contributed by atoms with Crippen LogP contribution in [0, 0.1) is 0 Å². The topological polar surface area (TPSA) is 42.2 Å². The molecular weight excluding hydrogens is 222 g/mol. The molecule has 0 aromatic carbocycles. The van der Waals surface area contributed by atoms with Gasteiger partial charge in [-0.25, -0.2) is 0 Å². The summed E-state index contributed by atoms with van der Waals surface area (Å²) in [6.07, 6.45) is 8.53. The van der Waals surface area contributed by atoms with Crippen molar-refractivity contribution >= 4 is 0 Å². The normalized spacial score (nSPS) is 21.8. The highest BCUT2D eigenvalue weighted by Crippen LogP contribution is 2.21. The molecule has 100 valence electrons. The number of likely N-dealkylation sites (tertiary alicyclic amines) is 1. The zero-order chi connectivity index (χ0) is 12.8. The molecule has 0 bridgehead atoms. The fraction of sp³-hybridized carbons (Fsp3) is 0.667. The second-order valence-corrected chi connectivity index (χ2v) is 5.20. The van der Waals surface area contributed by atoms with E-state index in [1.807, 2.05) is 12.3 Å². The predicted molar refractivity (Wildman–Crippen MR) is 75.1 cm³/mol. The van der Waals surface area contributed by atoms with Crippen molar-refractivity contribution < 1.29 is 0 Å². The lowest BCUT2D eigenvalue weighted by Crippen LogP contribution is -2.34. The number of pyridine rings is 1. The van der Waals surface area contributed by atoms with Crippen molar-refractivity contribution in [2.45, 2.75) is 58.2 Å². The van der Waals surface area contributed by atoms with Crippen molar-refractivity contribution in [2.24, 2.45) is 5.73 Å². The van der Waals surface area contributed by atoms with Crippen LogP contribution in [0.1, 0.15) is 50.3 Å². The van der Waals surface area contributed by atoms with Gasteiger partial charge in [-0.2, -0.15) is 0 Å². The Balaban J connectivity index is 2.10. The molecule has 1 saturated heterocycles. The SMILES string of the molecule is CCC1CCCCCN1Cc1ncccc1CN. The number of hydrogen-bond acceptors (Lipinski definition) is 3. The Hall–Kier alpha value is -0.930. The van der Waals surface area contributed by atoms with Crippen molar-refractivity contribution in [1.29, 1.82) is 0 Å². The summed E-state index contributed by atoms with van der Waals surface area (Å²) >= 11 is 0. The molecule has 0 aliphatic carbocycles. The quantitative estimate of drug-likeness (QED) is 0.889. The average Bonchev–Trinajstić information content (AvgIpc) is 2.64. The van der Waals surface area contributed by atoms with E-state index in [4.69, 9.17) is 5.73 Å². The summed E-state index contributed by atoms with van der Waals surface area (Å²) in [5.41, 5.74) is 8.15. The van der Waals surface area contributed by atoms with E-state index in [1.54, 1.807) is 0 Å². The van der Waals surface area contributed by atoms with Crippen molar-refractivity contribution in [3.05, 3.63) is 29.6 Å². The second kappa shape index (κ2) is 6.86. The summed E-state index contributed by atoms with van der Waals surface area (Å²) in [5.74, 6) is 0. The van der Waals surface area contributed by atoms with Crippen LogP contribution in [0.2, 0.25) is 0 Å². The fourth-order valence-electron chi connectivity index (χ4n) is 2.90. The molecule has 0 saturated carbocycles. The zero-order valence-corrected chi connectivity index (χ0v) is 11.4. The smallest absolute Gasteiger partial charge is 0.0588 e. The Kier molecular flexibility index (Phi) is 5.14. The Morgan fingerprint density at radius 1 is 1.39 bits per heavy atom. The molecule has 0 spiro atoms. The van der Waals surface area contributed by atoms with E-state index in [2.05, 4.69) is 22.9 Å². The highest BCUT2D eigenvalue weighted by molar-refractivity contribution is 5.19. The summed E-state index contributed by atoms with van der Waals surface area (Å²) in [5, 5.41) is 0. The first-order valence-electron chi connectivity index (χ1n) is 7.22. The molecule has 1 aliphatic heterocycles. The van der Waals surface area contributed by atoms with E-state index in [0.717, 1.165) is 12.6 Å². The highest BCUT2D eigenvalue weighted by atomic mass is 15.2. The molecule has 18 heavy (non-hydrogen) atoms. The third-order valence-corrected chi connectivity index (χ3v) is 4.03. The van der Waals surface area contributed by atoms with Crippen LogP contribution < -0.4 is 5.73 Å². The van der Waals surface area contributed by atoms with Gasteiger partial charge in [0.25, 0.3) is 0 Å². The number of nitrogens with zero attached hydrogens (tertiary/aromatic N) is 2. The molecule has 2 heterocycles. The molecule has 1 aromatic rings. The minimum absolute atomic E-state index is 0.591. The van der Waals surface area contributed by atoms with Gasteiger partial charge in [-0.15, -0.1) is 0 Å². The minimum atomic E-state index is 0.591. The molecule has 0 amide bonds. The van der Waals surface area contributed by atoms with Crippen molar-refractivity contribution in [3.63, 3.8) is 0 Å². The van der Waals surface area contributed by atoms with Gasteiger partial charge in [0.05, 0.1) is 5.69 Å². The van der Waals surface area contributed by atoms with Gasteiger partial charge in [-0.3, -0.25) is 9.88 Å². The maximum absolute atomic E-state index is 5.80. The molecule has 0 radical (unpaired) electrons. The van der Waals surface area contributed by atoms with Crippen molar-refractivity contribution in [1.82, 2.24) is 9.88 Å². The first kappa shape index (κ1) is 13.5. The third kappa shape index (κ3) is 3.30. The summed E-state index contributed by atoms with van der Waals surface area (Å²) in [6, 6.07) is 4.80. The zero-order valence-electron chi connectivity index (χ0n) is 11.4. The van der Waals surface area contributed by atoms with E-state index in [-0.39, 0.29) is 0 Å². The van der Waals surface area contributed by atoms with E-state index in [0.29, 0.717) is 6.54 Å². The lowest BCUT2D eigenvalue weighted by atomic mass is 10.1. The summed E-state index contributed by atoms with van der Waals surface area (Å²) in [6.45, 7) is 5.06. The monoisotopic (exact) mass is 247 g/mol.